The predicted octanol–water partition coefficient (Wildman–Crippen LogP) is 3.51. The largest absolute Gasteiger partial charge is 0.484 e. The Bertz CT molecular complexity index is 979. The fraction of sp³-hybridized carbons (Fsp3) is 0.500. The van der Waals surface area contributed by atoms with Crippen LogP contribution in [0.4, 0.5) is 10.2 Å². The third kappa shape index (κ3) is 3.37. The Balaban J connectivity index is 1.48. The monoisotopic (exact) mass is 396 g/mol. The number of nitrogens with zero attached hydrogens (tertiary/aromatic N) is 4. The van der Waals surface area contributed by atoms with Crippen molar-refractivity contribution in [1.29, 1.82) is 0 Å². The fourth-order valence-electron chi connectivity index (χ4n) is 4.11. The smallest absolute Gasteiger partial charge is 0.165 e. The van der Waals surface area contributed by atoms with E-state index in [-0.39, 0.29) is 23.5 Å². The number of fused-ring (bicyclic) bond motifs is 1. The second-order valence-corrected chi connectivity index (χ2v) is 8.56. The summed E-state index contributed by atoms with van der Waals surface area (Å²) in [5, 5.41) is 0. The molecule has 6 nitrogen and oxygen atoms in total. The molecule has 2 fully saturated rings. The summed E-state index contributed by atoms with van der Waals surface area (Å²) in [6.45, 7) is 8.06. The van der Waals surface area contributed by atoms with Gasteiger partial charge in [0.1, 0.15) is 17.7 Å². The Hall–Kier alpha value is -2.54. The molecule has 152 valence electrons. The fourth-order valence-corrected chi connectivity index (χ4v) is 4.11. The second kappa shape index (κ2) is 6.76. The van der Waals surface area contributed by atoms with Crippen LogP contribution < -0.4 is 9.64 Å². The Labute approximate surface area is 169 Å². The second-order valence-electron chi connectivity index (χ2n) is 8.56. The first-order chi connectivity index (χ1) is 13.9. The summed E-state index contributed by atoms with van der Waals surface area (Å²) < 4.78 is 26.1. The van der Waals surface area contributed by atoms with Crippen molar-refractivity contribution in [3.05, 3.63) is 47.2 Å². The summed E-state index contributed by atoms with van der Waals surface area (Å²) in [6, 6.07) is 5.75. The van der Waals surface area contributed by atoms with Gasteiger partial charge >= 0.3 is 0 Å². The topological polar surface area (TPSA) is 59.8 Å². The highest BCUT2D eigenvalue weighted by Gasteiger charge is 2.41. The normalized spacial score (nSPS) is 24.8. The molecule has 1 aromatic heterocycles. The lowest BCUT2D eigenvalue weighted by Crippen LogP contribution is -2.50. The molecule has 3 aliphatic rings. The minimum absolute atomic E-state index is 0.229. The van der Waals surface area contributed by atoms with E-state index >= 15 is 0 Å². The lowest BCUT2D eigenvalue weighted by Gasteiger charge is -2.39. The van der Waals surface area contributed by atoms with Gasteiger partial charge in [0.2, 0.25) is 0 Å². The number of aliphatic imine (C=N–C) groups is 1. The van der Waals surface area contributed by atoms with E-state index in [9.17, 15) is 4.39 Å². The molecule has 2 aliphatic heterocycles. The molecule has 1 aliphatic carbocycles. The van der Waals surface area contributed by atoms with Gasteiger partial charge in [-0.15, -0.1) is 0 Å². The number of anilines is 1. The van der Waals surface area contributed by atoms with E-state index in [1.165, 1.54) is 0 Å². The van der Waals surface area contributed by atoms with Crippen LogP contribution in [0.2, 0.25) is 0 Å². The zero-order valence-electron chi connectivity index (χ0n) is 17.0. The maximum atomic E-state index is 14.5. The number of aromatic nitrogens is 2. The predicted molar refractivity (Wildman–Crippen MR) is 108 cm³/mol. The molecule has 1 aromatic carbocycles. The zero-order valence-corrected chi connectivity index (χ0v) is 17.0. The van der Waals surface area contributed by atoms with Crippen molar-refractivity contribution in [3.8, 4) is 5.75 Å². The van der Waals surface area contributed by atoms with Crippen LogP contribution in [0.3, 0.4) is 0 Å². The van der Waals surface area contributed by atoms with Gasteiger partial charge in [-0.25, -0.2) is 14.4 Å². The highest BCUT2D eigenvalue weighted by atomic mass is 19.1. The van der Waals surface area contributed by atoms with Gasteiger partial charge in [-0.2, -0.15) is 0 Å². The van der Waals surface area contributed by atoms with Crippen molar-refractivity contribution in [2.75, 3.05) is 18.1 Å². The quantitative estimate of drug-likeness (QED) is 0.792. The molecule has 7 heteroatoms. The lowest BCUT2D eigenvalue weighted by molar-refractivity contribution is 0.0752. The molecule has 0 bridgehead atoms. The SMILES string of the molecule is C[C@@H]1COC[C@@H](C)N1c1cc(C2=NCc3cc(F)c(OC4(C)CC4)cc32)ncn1. The van der Waals surface area contributed by atoms with E-state index in [0.717, 1.165) is 41.2 Å². The maximum absolute atomic E-state index is 14.5. The first kappa shape index (κ1) is 18.5. The molecule has 1 saturated carbocycles. The van der Waals surface area contributed by atoms with E-state index in [1.54, 1.807) is 18.5 Å². The van der Waals surface area contributed by atoms with Crippen molar-refractivity contribution >= 4 is 11.5 Å². The van der Waals surface area contributed by atoms with E-state index in [2.05, 4.69) is 33.7 Å². The van der Waals surface area contributed by atoms with Crippen molar-refractivity contribution in [2.24, 2.45) is 4.99 Å². The van der Waals surface area contributed by atoms with Crippen molar-refractivity contribution in [1.82, 2.24) is 9.97 Å². The third-order valence-corrected chi connectivity index (χ3v) is 5.96. The lowest BCUT2D eigenvalue weighted by atomic mass is 10.0. The van der Waals surface area contributed by atoms with Crippen LogP contribution in [0.5, 0.6) is 5.75 Å². The molecule has 29 heavy (non-hydrogen) atoms. The van der Waals surface area contributed by atoms with E-state index < -0.39 is 0 Å². The Kier molecular flexibility index (Phi) is 4.31. The third-order valence-electron chi connectivity index (χ3n) is 5.96. The summed E-state index contributed by atoms with van der Waals surface area (Å²) >= 11 is 0. The molecule has 2 aromatic rings. The van der Waals surface area contributed by atoms with Crippen LogP contribution >= 0.6 is 0 Å². The van der Waals surface area contributed by atoms with E-state index in [4.69, 9.17) is 9.47 Å². The summed E-state index contributed by atoms with van der Waals surface area (Å²) in [7, 11) is 0. The number of ether oxygens (including phenoxy) is 2. The van der Waals surface area contributed by atoms with Gasteiger partial charge in [-0.1, -0.05) is 0 Å². The number of halogens is 1. The standard InChI is InChI=1S/C22H25FN4O2/c1-13-10-28-11-14(2)27(13)20-8-18(25-12-26-20)21-16-7-19(29-22(3)4-5-22)17(23)6-15(16)9-24-21/h6-8,12-14H,4-5,9-11H2,1-3H3/t13-,14-/m1/s1. The maximum Gasteiger partial charge on any atom is 0.165 e. The van der Waals surface area contributed by atoms with Gasteiger partial charge in [0.05, 0.1) is 43.2 Å². The summed E-state index contributed by atoms with van der Waals surface area (Å²) in [5.41, 5.74) is 3.02. The molecule has 0 spiro atoms. The van der Waals surface area contributed by atoms with E-state index in [0.29, 0.717) is 25.5 Å². The minimum Gasteiger partial charge on any atom is -0.484 e. The highest BCUT2D eigenvalue weighted by molar-refractivity contribution is 6.14. The molecule has 3 heterocycles. The van der Waals surface area contributed by atoms with Crippen LogP contribution in [0.15, 0.2) is 29.5 Å². The summed E-state index contributed by atoms with van der Waals surface area (Å²) in [5.74, 6) is 0.828. The minimum atomic E-state index is -0.326. The zero-order chi connectivity index (χ0) is 20.2. The van der Waals surface area contributed by atoms with Crippen LogP contribution in [0.25, 0.3) is 0 Å². The van der Waals surface area contributed by atoms with Crippen LogP contribution in [-0.2, 0) is 11.3 Å². The highest BCUT2D eigenvalue weighted by Crippen LogP contribution is 2.41. The van der Waals surface area contributed by atoms with Crippen LogP contribution in [0.1, 0.15) is 50.4 Å². The number of rotatable bonds is 4. The Morgan fingerprint density at radius 1 is 1.14 bits per heavy atom. The first-order valence-corrected chi connectivity index (χ1v) is 10.2. The average molecular weight is 396 g/mol. The summed E-state index contributed by atoms with van der Waals surface area (Å²) in [4.78, 5) is 15.9. The Morgan fingerprint density at radius 3 is 2.62 bits per heavy atom. The molecular weight excluding hydrogens is 371 g/mol. The molecule has 1 saturated heterocycles. The van der Waals surface area contributed by atoms with Crippen LogP contribution in [-0.4, -0.2) is 46.6 Å². The molecule has 0 unspecified atom stereocenters. The number of morpholine rings is 1. The van der Waals surface area contributed by atoms with Crippen LogP contribution in [0, 0.1) is 5.82 Å². The molecule has 0 amide bonds. The molecule has 0 N–H and O–H groups in total. The number of benzene rings is 1. The van der Waals surface area contributed by atoms with Crippen molar-refractivity contribution < 1.29 is 13.9 Å². The number of hydrogen-bond acceptors (Lipinski definition) is 6. The van der Waals surface area contributed by atoms with Crippen molar-refractivity contribution in [2.45, 2.75) is 57.8 Å². The van der Waals surface area contributed by atoms with E-state index in [1.807, 2.05) is 13.0 Å². The van der Waals surface area contributed by atoms with Gasteiger partial charge < -0.3 is 14.4 Å². The van der Waals surface area contributed by atoms with Gasteiger partial charge in [-0.05, 0) is 51.3 Å². The summed E-state index contributed by atoms with van der Waals surface area (Å²) in [6.07, 6.45) is 3.48. The molecular formula is C22H25FN4O2. The van der Waals surface area contributed by atoms with Gasteiger partial charge in [0, 0.05) is 11.6 Å². The number of hydrogen-bond donors (Lipinski definition) is 0. The average Bonchev–Trinajstić information content (AvgIpc) is 3.27. The Morgan fingerprint density at radius 2 is 1.90 bits per heavy atom. The van der Waals surface area contributed by atoms with Gasteiger partial charge in [0.15, 0.2) is 11.6 Å². The molecule has 0 radical (unpaired) electrons. The molecule has 5 rings (SSSR count). The first-order valence-electron chi connectivity index (χ1n) is 10.2. The van der Waals surface area contributed by atoms with Crippen molar-refractivity contribution in [3.63, 3.8) is 0 Å². The molecule has 2 atom stereocenters. The van der Waals surface area contributed by atoms with Gasteiger partial charge in [0.25, 0.3) is 0 Å². The van der Waals surface area contributed by atoms with Gasteiger partial charge in [-0.3, -0.25) is 4.99 Å².